The molecule has 1 N–H and O–H groups in total. The van der Waals surface area contributed by atoms with E-state index >= 15 is 0 Å². The van der Waals surface area contributed by atoms with Crippen molar-refractivity contribution in [2.24, 2.45) is 0 Å². The van der Waals surface area contributed by atoms with Crippen LogP contribution in [0.25, 0.3) is 0 Å². The second-order valence-corrected chi connectivity index (χ2v) is 5.40. The van der Waals surface area contributed by atoms with Crippen LogP contribution in [0, 0.1) is 0 Å². The summed E-state index contributed by atoms with van der Waals surface area (Å²) in [4.78, 5) is 8.66. The van der Waals surface area contributed by atoms with Crippen molar-refractivity contribution in [3.8, 4) is 0 Å². The Balaban J connectivity index is 1.48. The third-order valence-corrected chi connectivity index (χ3v) is 3.83. The lowest BCUT2D eigenvalue weighted by Gasteiger charge is -2.10. The summed E-state index contributed by atoms with van der Waals surface area (Å²) in [5.74, 6) is 1.35. The highest BCUT2D eigenvalue weighted by Gasteiger charge is 2.19. The van der Waals surface area contributed by atoms with Gasteiger partial charge in [-0.1, -0.05) is 30.3 Å². The van der Waals surface area contributed by atoms with Crippen LogP contribution in [-0.2, 0) is 11.2 Å². The second kappa shape index (κ2) is 7.18. The van der Waals surface area contributed by atoms with Gasteiger partial charge in [-0.05, 0) is 24.8 Å². The Kier molecular flexibility index (Phi) is 4.79. The van der Waals surface area contributed by atoms with Crippen molar-refractivity contribution in [3.63, 3.8) is 0 Å². The van der Waals surface area contributed by atoms with Crippen molar-refractivity contribution in [2.45, 2.75) is 25.2 Å². The van der Waals surface area contributed by atoms with Crippen molar-refractivity contribution < 1.29 is 4.74 Å². The predicted octanol–water partition coefficient (Wildman–Crippen LogP) is 3.03. The van der Waals surface area contributed by atoms with Gasteiger partial charge in [0.1, 0.15) is 12.1 Å². The Morgan fingerprint density at radius 2 is 2.10 bits per heavy atom. The molecule has 1 aliphatic rings. The number of hydrogen-bond donors (Lipinski definition) is 1. The molecule has 0 amide bonds. The molecule has 0 saturated carbocycles. The van der Waals surface area contributed by atoms with Gasteiger partial charge in [-0.3, -0.25) is 0 Å². The van der Waals surface area contributed by atoms with Gasteiger partial charge in [0.2, 0.25) is 0 Å². The van der Waals surface area contributed by atoms with Crippen LogP contribution in [0.4, 0.5) is 5.82 Å². The molecule has 4 heteroatoms. The van der Waals surface area contributed by atoms with E-state index < -0.39 is 0 Å². The minimum absolute atomic E-state index is 0.429. The van der Waals surface area contributed by atoms with E-state index in [1.165, 1.54) is 5.56 Å². The maximum atomic E-state index is 5.42. The summed E-state index contributed by atoms with van der Waals surface area (Å²) >= 11 is 0. The standard InChI is InChI=1S/C17H21N3O/c1-2-5-14(6-3-1)7-4-9-18-17-11-16(19-13-20-17)15-8-10-21-12-15/h1-3,5-6,11,13,15H,4,7-10,12H2,(H,18,19,20)/t15-/m1/s1. The number of ether oxygens (including phenoxy) is 1. The van der Waals surface area contributed by atoms with Crippen LogP contribution >= 0.6 is 0 Å². The Morgan fingerprint density at radius 3 is 2.90 bits per heavy atom. The summed E-state index contributed by atoms with van der Waals surface area (Å²) in [6, 6.07) is 12.6. The van der Waals surface area contributed by atoms with E-state index in [9.17, 15) is 0 Å². The van der Waals surface area contributed by atoms with Crippen molar-refractivity contribution in [1.29, 1.82) is 0 Å². The van der Waals surface area contributed by atoms with E-state index in [1.54, 1.807) is 6.33 Å². The highest BCUT2D eigenvalue weighted by molar-refractivity contribution is 5.36. The van der Waals surface area contributed by atoms with Crippen LogP contribution in [0.1, 0.15) is 30.0 Å². The molecular formula is C17H21N3O. The van der Waals surface area contributed by atoms with E-state index in [2.05, 4.69) is 51.7 Å². The molecular weight excluding hydrogens is 262 g/mol. The van der Waals surface area contributed by atoms with Gasteiger partial charge in [0.25, 0.3) is 0 Å². The zero-order valence-electron chi connectivity index (χ0n) is 12.2. The molecule has 0 aliphatic carbocycles. The molecule has 2 heterocycles. The number of rotatable bonds is 6. The van der Waals surface area contributed by atoms with Gasteiger partial charge in [-0.25, -0.2) is 9.97 Å². The lowest BCUT2D eigenvalue weighted by Crippen LogP contribution is -2.07. The third-order valence-electron chi connectivity index (χ3n) is 3.83. The highest BCUT2D eigenvalue weighted by Crippen LogP contribution is 2.24. The molecule has 1 fully saturated rings. The number of benzene rings is 1. The molecule has 1 saturated heterocycles. The molecule has 0 radical (unpaired) electrons. The van der Waals surface area contributed by atoms with Gasteiger partial charge < -0.3 is 10.1 Å². The van der Waals surface area contributed by atoms with Crippen LogP contribution in [0.15, 0.2) is 42.7 Å². The van der Waals surface area contributed by atoms with Crippen molar-refractivity contribution in [3.05, 3.63) is 54.0 Å². The molecule has 4 nitrogen and oxygen atoms in total. The third kappa shape index (κ3) is 4.02. The summed E-state index contributed by atoms with van der Waals surface area (Å²) in [5, 5.41) is 3.39. The fourth-order valence-electron chi connectivity index (χ4n) is 2.61. The zero-order valence-corrected chi connectivity index (χ0v) is 12.2. The van der Waals surface area contributed by atoms with Crippen molar-refractivity contribution >= 4 is 5.82 Å². The van der Waals surface area contributed by atoms with Crippen LogP contribution in [0.5, 0.6) is 0 Å². The normalized spacial score (nSPS) is 17.8. The quantitative estimate of drug-likeness (QED) is 0.828. The first kappa shape index (κ1) is 14.0. The first-order chi connectivity index (χ1) is 10.4. The topological polar surface area (TPSA) is 47.0 Å². The molecule has 0 unspecified atom stereocenters. The Hall–Kier alpha value is -1.94. The van der Waals surface area contributed by atoms with E-state index in [0.29, 0.717) is 5.92 Å². The van der Waals surface area contributed by atoms with E-state index in [4.69, 9.17) is 4.74 Å². The average Bonchev–Trinajstić information content (AvgIpc) is 3.07. The number of aryl methyl sites for hydroxylation is 1. The molecule has 1 aromatic carbocycles. The molecule has 2 aromatic rings. The van der Waals surface area contributed by atoms with Gasteiger partial charge in [-0.15, -0.1) is 0 Å². The number of nitrogens with zero attached hydrogens (tertiary/aromatic N) is 2. The summed E-state index contributed by atoms with van der Waals surface area (Å²) in [5.41, 5.74) is 2.47. The molecule has 110 valence electrons. The predicted molar refractivity (Wildman–Crippen MR) is 83.5 cm³/mol. The van der Waals surface area contributed by atoms with Gasteiger partial charge in [0.05, 0.1) is 12.3 Å². The Morgan fingerprint density at radius 1 is 1.19 bits per heavy atom. The molecule has 0 spiro atoms. The minimum Gasteiger partial charge on any atom is -0.381 e. The molecule has 1 aliphatic heterocycles. The molecule has 3 rings (SSSR count). The summed E-state index contributed by atoms with van der Waals surface area (Å²) in [6.07, 6.45) is 4.88. The van der Waals surface area contributed by atoms with Crippen LogP contribution in [-0.4, -0.2) is 29.7 Å². The largest absolute Gasteiger partial charge is 0.381 e. The van der Waals surface area contributed by atoms with Crippen molar-refractivity contribution in [1.82, 2.24) is 9.97 Å². The lowest BCUT2D eigenvalue weighted by molar-refractivity contribution is 0.193. The highest BCUT2D eigenvalue weighted by atomic mass is 16.5. The molecule has 1 aromatic heterocycles. The fourth-order valence-corrected chi connectivity index (χ4v) is 2.61. The minimum atomic E-state index is 0.429. The van der Waals surface area contributed by atoms with Gasteiger partial charge in [0.15, 0.2) is 0 Å². The maximum absolute atomic E-state index is 5.42. The summed E-state index contributed by atoms with van der Waals surface area (Å²) in [6.45, 7) is 2.55. The van der Waals surface area contributed by atoms with E-state index in [-0.39, 0.29) is 0 Å². The first-order valence-electron chi connectivity index (χ1n) is 7.59. The monoisotopic (exact) mass is 283 g/mol. The lowest BCUT2D eigenvalue weighted by atomic mass is 10.1. The number of hydrogen-bond acceptors (Lipinski definition) is 4. The summed E-state index contributed by atoms with van der Waals surface area (Å²) in [7, 11) is 0. The number of aromatic nitrogens is 2. The van der Waals surface area contributed by atoms with Gasteiger partial charge in [0, 0.05) is 25.1 Å². The molecule has 21 heavy (non-hydrogen) atoms. The first-order valence-corrected chi connectivity index (χ1v) is 7.59. The van der Waals surface area contributed by atoms with Gasteiger partial charge >= 0.3 is 0 Å². The van der Waals surface area contributed by atoms with Crippen LogP contribution < -0.4 is 5.32 Å². The van der Waals surface area contributed by atoms with Crippen LogP contribution in [0.3, 0.4) is 0 Å². The Bertz CT molecular complexity index is 553. The Labute approximate surface area is 125 Å². The second-order valence-electron chi connectivity index (χ2n) is 5.40. The van der Waals surface area contributed by atoms with Gasteiger partial charge in [-0.2, -0.15) is 0 Å². The van der Waals surface area contributed by atoms with E-state index in [0.717, 1.165) is 50.5 Å². The number of nitrogens with one attached hydrogen (secondary N) is 1. The maximum Gasteiger partial charge on any atom is 0.129 e. The SMILES string of the molecule is c1ccc(CCCNc2cc([C@@H]3CCOC3)ncn2)cc1. The average molecular weight is 283 g/mol. The summed E-state index contributed by atoms with van der Waals surface area (Å²) < 4.78 is 5.42. The molecule has 0 bridgehead atoms. The number of anilines is 1. The smallest absolute Gasteiger partial charge is 0.129 e. The van der Waals surface area contributed by atoms with Crippen LogP contribution in [0.2, 0.25) is 0 Å². The van der Waals surface area contributed by atoms with Crippen molar-refractivity contribution in [2.75, 3.05) is 25.1 Å². The fraction of sp³-hybridized carbons (Fsp3) is 0.412. The zero-order chi connectivity index (χ0) is 14.3. The van der Waals surface area contributed by atoms with E-state index in [1.807, 2.05) is 0 Å². The molecule has 1 atom stereocenters.